The van der Waals surface area contributed by atoms with Gasteiger partial charge in [0.2, 0.25) is 0 Å². The quantitative estimate of drug-likeness (QED) is 0.260. The SMILES string of the molecule is C[CH]OCCCCCCCCCCCCCCCCC. The Balaban J connectivity index is 2.89. The van der Waals surface area contributed by atoms with Crippen molar-refractivity contribution >= 4 is 0 Å². The van der Waals surface area contributed by atoms with Crippen molar-refractivity contribution in [3.05, 3.63) is 6.61 Å². The standard InChI is InChI=1S/C19H39O/c1-3-5-6-7-8-9-10-11-12-13-14-15-16-17-18-19-20-4-2/h4H,3,5-19H2,1-2H3. The molecular formula is C19H39O. The second-order valence-corrected chi connectivity index (χ2v) is 6.06. The highest BCUT2D eigenvalue weighted by Gasteiger charge is 1.94. The molecule has 1 heteroatoms. The Morgan fingerprint density at radius 3 is 1.25 bits per heavy atom. The monoisotopic (exact) mass is 283 g/mol. The van der Waals surface area contributed by atoms with Crippen LogP contribution in [0.2, 0.25) is 0 Å². The van der Waals surface area contributed by atoms with Gasteiger partial charge in [-0.2, -0.15) is 0 Å². The van der Waals surface area contributed by atoms with Crippen LogP contribution in [0.1, 0.15) is 110 Å². The zero-order chi connectivity index (χ0) is 14.7. The van der Waals surface area contributed by atoms with Crippen molar-refractivity contribution in [2.24, 2.45) is 0 Å². The van der Waals surface area contributed by atoms with Gasteiger partial charge in [-0.15, -0.1) is 0 Å². The van der Waals surface area contributed by atoms with Crippen LogP contribution in [-0.2, 0) is 4.74 Å². The fraction of sp³-hybridized carbons (Fsp3) is 0.947. The van der Waals surface area contributed by atoms with E-state index in [-0.39, 0.29) is 0 Å². The summed E-state index contributed by atoms with van der Waals surface area (Å²) in [7, 11) is 0. The van der Waals surface area contributed by atoms with Crippen molar-refractivity contribution in [3.8, 4) is 0 Å². The van der Waals surface area contributed by atoms with Crippen LogP contribution < -0.4 is 0 Å². The normalized spacial score (nSPS) is 11.1. The third-order valence-corrected chi connectivity index (χ3v) is 4.03. The predicted molar refractivity (Wildman–Crippen MR) is 90.9 cm³/mol. The molecule has 0 atom stereocenters. The highest BCUT2D eigenvalue weighted by molar-refractivity contribution is 4.49. The molecule has 0 aliphatic carbocycles. The first-order chi connectivity index (χ1) is 9.91. The van der Waals surface area contributed by atoms with E-state index in [9.17, 15) is 0 Å². The fourth-order valence-electron chi connectivity index (χ4n) is 2.67. The lowest BCUT2D eigenvalue weighted by Crippen LogP contribution is -1.89. The Bertz CT molecular complexity index is 138. The minimum Gasteiger partial charge on any atom is -0.376 e. The van der Waals surface area contributed by atoms with Crippen molar-refractivity contribution in [2.45, 2.75) is 110 Å². The van der Waals surface area contributed by atoms with Crippen LogP contribution in [-0.4, -0.2) is 6.61 Å². The number of rotatable bonds is 17. The van der Waals surface area contributed by atoms with Gasteiger partial charge in [0.1, 0.15) is 0 Å². The maximum absolute atomic E-state index is 5.22. The maximum Gasteiger partial charge on any atom is 0.0805 e. The van der Waals surface area contributed by atoms with Crippen molar-refractivity contribution in [2.75, 3.05) is 6.61 Å². The van der Waals surface area contributed by atoms with Gasteiger partial charge in [-0.25, -0.2) is 0 Å². The summed E-state index contributed by atoms with van der Waals surface area (Å²) in [6.07, 6.45) is 21.3. The number of hydrogen-bond donors (Lipinski definition) is 0. The second-order valence-electron chi connectivity index (χ2n) is 6.06. The summed E-state index contributed by atoms with van der Waals surface area (Å²) in [6.45, 7) is 6.95. The van der Waals surface area contributed by atoms with E-state index in [1.54, 1.807) is 6.61 Å². The lowest BCUT2D eigenvalue weighted by molar-refractivity contribution is 0.197. The second kappa shape index (κ2) is 19.0. The summed E-state index contributed by atoms with van der Waals surface area (Å²) in [6, 6.07) is 0. The Kier molecular flexibility index (Phi) is 18.9. The molecular weight excluding hydrogens is 244 g/mol. The van der Waals surface area contributed by atoms with E-state index in [0.717, 1.165) is 6.61 Å². The van der Waals surface area contributed by atoms with Gasteiger partial charge in [-0.3, -0.25) is 0 Å². The van der Waals surface area contributed by atoms with Crippen molar-refractivity contribution in [1.82, 2.24) is 0 Å². The molecule has 0 amide bonds. The van der Waals surface area contributed by atoms with E-state index in [1.165, 1.54) is 96.3 Å². The first-order valence-corrected chi connectivity index (χ1v) is 9.31. The van der Waals surface area contributed by atoms with Crippen molar-refractivity contribution < 1.29 is 4.74 Å². The Hall–Kier alpha value is -0.0400. The molecule has 0 heterocycles. The molecule has 0 unspecified atom stereocenters. The molecule has 0 saturated heterocycles. The summed E-state index contributed by atoms with van der Waals surface area (Å²) in [5.41, 5.74) is 0. The minimum absolute atomic E-state index is 0.911. The first kappa shape index (κ1) is 20.0. The van der Waals surface area contributed by atoms with Crippen LogP contribution in [0.5, 0.6) is 0 Å². The zero-order valence-corrected chi connectivity index (χ0v) is 14.3. The minimum atomic E-state index is 0.911. The van der Waals surface area contributed by atoms with E-state index in [2.05, 4.69) is 6.92 Å². The van der Waals surface area contributed by atoms with Crippen LogP contribution in [0, 0.1) is 6.61 Å². The summed E-state index contributed by atoms with van der Waals surface area (Å²) in [4.78, 5) is 0. The van der Waals surface area contributed by atoms with E-state index in [0.29, 0.717) is 0 Å². The Labute approximate surface area is 128 Å². The molecule has 0 aromatic rings. The molecule has 0 saturated carbocycles. The van der Waals surface area contributed by atoms with Gasteiger partial charge < -0.3 is 4.74 Å². The van der Waals surface area contributed by atoms with Gasteiger partial charge in [0, 0.05) is 6.61 Å². The van der Waals surface area contributed by atoms with Gasteiger partial charge >= 0.3 is 0 Å². The molecule has 20 heavy (non-hydrogen) atoms. The smallest absolute Gasteiger partial charge is 0.0805 e. The average molecular weight is 284 g/mol. The molecule has 0 aliphatic rings. The van der Waals surface area contributed by atoms with E-state index in [1.807, 2.05) is 6.92 Å². The summed E-state index contributed by atoms with van der Waals surface area (Å²) < 4.78 is 5.22. The van der Waals surface area contributed by atoms with Crippen molar-refractivity contribution in [1.29, 1.82) is 0 Å². The lowest BCUT2D eigenvalue weighted by atomic mass is 10.0. The van der Waals surface area contributed by atoms with Gasteiger partial charge in [0.15, 0.2) is 0 Å². The van der Waals surface area contributed by atoms with Crippen LogP contribution in [0.3, 0.4) is 0 Å². The lowest BCUT2D eigenvalue weighted by Gasteiger charge is -2.03. The Morgan fingerprint density at radius 1 is 0.550 bits per heavy atom. The molecule has 0 aliphatic heterocycles. The van der Waals surface area contributed by atoms with Crippen LogP contribution >= 0.6 is 0 Å². The van der Waals surface area contributed by atoms with E-state index < -0.39 is 0 Å². The Morgan fingerprint density at radius 2 is 0.900 bits per heavy atom. The van der Waals surface area contributed by atoms with E-state index >= 15 is 0 Å². The zero-order valence-electron chi connectivity index (χ0n) is 14.3. The molecule has 0 rings (SSSR count). The first-order valence-electron chi connectivity index (χ1n) is 9.31. The molecule has 0 bridgehead atoms. The van der Waals surface area contributed by atoms with Gasteiger partial charge in [-0.05, 0) is 13.3 Å². The molecule has 1 nitrogen and oxygen atoms in total. The average Bonchev–Trinajstić information content (AvgIpc) is 2.47. The molecule has 0 N–H and O–H groups in total. The highest BCUT2D eigenvalue weighted by atomic mass is 16.5. The van der Waals surface area contributed by atoms with Gasteiger partial charge in [0.25, 0.3) is 0 Å². The molecule has 1 radical (unpaired) electrons. The van der Waals surface area contributed by atoms with Crippen LogP contribution in [0.4, 0.5) is 0 Å². The highest BCUT2D eigenvalue weighted by Crippen LogP contribution is 2.13. The third-order valence-electron chi connectivity index (χ3n) is 4.03. The molecule has 0 aromatic heterocycles. The summed E-state index contributed by atoms with van der Waals surface area (Å²) in [5, 5.41) is 0. The van der Waals surface area contributed by atoms with Gasteiger partial charge in [0.05, 0.1) is 6.61 Å². The fourth-order valence-corrected chi connectivity index (χ4v) is 2.67. The van der Waals surface area contributed by atoms with E-state index in [4.69, 9.17) is 4.74 Å². The molecule has 121 valence electrons. The predicted octanol–water partition coefficient (Wildman–Crippen LogP) is 7.06. The summed E-state index contributed by atoms with van der Waals surface area (Å²) in [5.74, 6) is 0. The molecule has 0 fully saturated rings. The number of unbranched alkanes of at least 4 members (excludes halogenated alkanes) is 14. The molecule has 0 spiro atoms. The maximum atomic E-state index is 5.22. The van der Waals surface area contributed by atoms with Gasteiger partial charge in [-0.1, -0.05) is 96.8 Å². The topological polar surface area (TPSA) is 9.23 Å². The molecule has 0 aromatic carbocycles. The number of hydrogen-bond acceptors (Lipinski definition) is 1. The van der Waals surface area contributed by atoms with Crippen molar-refractivity contribution in [3.63, 3.8) is 0 Å². The number of ether oxygens (including phenoxy) is 1. The summed E-state index contributed by atoms with van der Waals surface area (Å²) >= 11 is 0. The van der Waals surface area contributed by atoms with Crippen LogP contribution in [0.25, 0.3) is 0 Å². The van der Waals surface area contributed by atoms with Crippen LogP contribution in [0.15, 0.2) is 0 Å². The largest absolute Gasteiger partial charge is 0.376 e. The third kappa shape index (κ3) is 18.0.